The van der Waals surface area contributed by atoms with Crippen molar-refractivity contribution in [3.05, 3.63) is 96.1 Å². The lowest BCUT2D eigenvalue weighted by atomic mass is 10.0. The predicted octanol–water partition coefficient (Wildman–Crippen LogP) is 17.1. The molecule has 4 aromatic heterocycles. The van der Waals surface area contributed by atoms with E-state index < -0.39 is 0 Å². The van der Waals surface area contributed by atoms with E-state index >= 15 is 0 Å². The van der Waals surface area contributed by atoms with Crippen LogP contribution in [0.4, 0.5) is 0 Å². The molecular weight excluding hydrogens is 681 g/mol. The van der Waals surface area contributed by atoms with E-state index in [1.165, 1.54) is 173 Å². The number of thiophene rings is 4. The van der Waals surface area contributed by atoms with Crippen molar-refractivity contribution in [2.75, 3.05) is 0 Å². The Kier molecular flexibility index (Phi) is 12.6. The average molecular weight is 733 g/mol. The van der Waals surface area contributed by atoms with Crippen LogP contribution < -0.4 is 0 Å². The van der Waals surface area contributed by atoms with Crippen LogP contribution in [0.1, 0.15) is 115 Å². The lowest BCUT2D eigenvalue weighted by Crippen LogP contribution is -1.86. The van der Waals surface area contributed by atoms with Crippen LogP contribution in [0.3, 0.4) is 0 Å². The minimum Gasteiger partial charge on any atom is -0.134 e. The molecule has 0 bridgehead atoms. The summed E-state index contributed by atoms with van der Waals surface area (Å²) in [5.74, 6) is 0. The van der Waals surface area contributed by atoms with E-state index in [9.17, 15) is 0 Å². The molecular formula is C46H52S4. The smallest absolute Gasteiger partial charge is 0.0542 e. The van der Waals surface area contributed by atoms with Crippen LogP contribution >= 0.6 is 45.3 Å². The second-order valence-electron chi connectivity index (χ2n) is 14.1. The zero-order valence-corrected chi connectivity index (χ0v) is 33.3. The normalized spacial score (nSPS) is 11.9. The molecule has 8 aromatic rings. The molecule has 4 heteroatoms. The van der Waals surface area contributed by atoms with E-state index in [1.54, 1.807) is 0 Å². The van der Waals surface area contributed by atoms with Crippen molar-refractivity contribution in [3.8, 4) is 0 Å². The predicted molar refractivity (Wildman–Crippen MR) is 233 cm³/mol. The first-order valence-corrected chi connectivity index (χ1v) is 22.7. The second-order valence-corrected chi connectivity index (χ2v) is 18.3. The first kappa shape index (κ1) is 35.6. The second kappa shape index (κ2) is 17.6. The highest BCUT2D eigenvalue weighted by atomic mass is 32.1. The standard InChI is InChI=1S/2C23H26S2/c2*1-2-3-4-5-6-7-8-11-17-14-15-19-21(16-17)25-22-18-12-9-10-13-20(18)24-23(19)22/h2*9-10,12-16H,2-8,11H2,1H3. The van der Waals surface area contributed by atoms with E-state index in [1.807, 2.05) is 45.3 Å². The van der Waals surface area contributed by atoms with Gasteiger partial charge in [-0.25, -0.2) is 0 Å². The highest BCUT2D eigenvalue weighted by molar-refractivity contribution is 7.37. The topological polar surface area (TPSA) is 0 Å². The fourth-order valence-electron chi connectivity index (χ4n) is 7.38. The van der Waals surface area contributed by atoms with Gasteiger partial charge in [-0.3, -0.25) is 0 Å². The summed E-state index contributed by atoms with van der Waals surface area (Å²) in [6, 6.07) is 31.9. The van der Waals surface area contributed by atoms with Gasteiger partial charge in [0.1, 0.15) is 0 Å². The van der Waals surface area contributed by atoms with E-state index in [2.05, 4.69) is 98.8 Å². The quantitative estimate of drug-likeness (QED) is 0.0868. The van der Waals surface area contributed by atoms with Crippen molar-refractivity contribution >= 4 is 104 Å². The summed E-state index contributed by atoms with van der Waals surface area (Å²) in [5.41, 5.74) is 3.03. The van der Waals surface area contributed by atoms with Gasteiger partial charge in [-0.2, -0.15) is 0 Å². The van der Waals surface area contributed by atoms with Crippen molar-refractivity contribution in [3.63, 3.8) is 0 Å². The monoisotopic (exact) mass is 732 g/mol. The van der Waals surface area contributed by atoms with Gasteiger partial charge in [-0.05, 0) is 61.1 Å². The largest absolute Gasteiger partial charge is 0.134 e. The Hall–Kier alpha value is -2.76. The zero-order valence-electron chi connectivity index (χ0n) is 30.0. The molecule has 0 aliphatic rings. The van der Waals surface area contributed by atoms with E-state index in [0.717, 1.165) is 0 Å². The summed E-state index contributed by atoms with van der Waals surface area (Å²) < 4.78 is 11.7. The molecule has 4 aromatic carbocycles. The number of fused-ring (bicyclic) bond motifs is 10. The van der Waals surface area contributed by atoms with Crippen LogP contribution in [-0.4, -0.2) is 0 Å². The Morgan fingerprint density at radius 2 is 0.680 bits per heavy atom. The molecule has 4 heterocycles. The molecule has 0 nitrogen and oxygen atoms in total. The van der Waals surface area contributed by atoms with Crippen LogP contribution in [0.25, 0.3) is 59.1 Å². The highest BCUT2D eigenvalue weighted by Crippen LogP contribution is 2.45. The average Bonchev–Trinajstić information content (AvgIpc) is 3.89. The van der Waals surface area contributed by atoms with Crippen LogP contribution in [0.5, 0.6) is 0 Å². The lowest BCUT2D eigenvalue weighted by Gasteiger charge is -2.03. The summed E-state index contributed by atoms with van der Waals surface area (Å²) in [7, 11) is 0. The number of benzene rings is 4. The van der Waals surface area contributed by atoms with Gasteiger partial charge < -0.3 is 0 Å². The summed E-state index contributed by atoms with van der Waals surface area (Å²) in [6.07, 6.45) is 21.9. The van der Waals surface area contributed by atoms with Gasteiger partial charge in [0.25, 0.3) is 0 Å². The Morgan fingerprint density at radius 1 is 0.340 bits per heavy atom. The molecule has 8 rings (SSSR count). The Bertz CT molecular complexity index is 2110. The highest BCUT2D eigenvalue weighted by Gasteiger charge is 2.13. The van der Waals surface area contributed by atoms with Crippen LogP contribution in [-0.2, 0) is 12.8 Å². The third kappa shape index (κ3) is 8.31. The third-order valence-electron chi connectivity index (χ3n) is 10.2. The van der Waals surface area contributed by atoms with Crippen molar-refractivity contribution in [1.82, 2.24) is 0 Å². The van der Waals surface area contributed by atoms with Crippen LogP contribution in [0, 0.1) is 0 Å². The van der Waals surface area contributed by atoms with Crippen molar-refractivity contribution in [2.45, 2.75) is 117 Å². The molecule has 0 spiro atoms. The minimum absolute atomic E-state index is 1.23. The fraction of sp³-hybridized carbons (Fsp3) is 0.391. The number of rotatable bonds is 16. The van der Waals surface area contributed by atoms with Gasteiger partial charge in [0.15, 0.2) is 0 Å². The molecule has 50 heavy (non-hydrogen) atoms. The number of hydrogen-bond acceptors (Lipinski definition) is 4. The molecule has 0 aliphatic heterocycles. The fourth-order valence-corrected chi connectivity index (χ4v) is 12.8. The first-order valence-electron chi connectivity index (χ1n) is 19.4. The Balaban J connectivity index is 0.000000157. The maximum absolute atomic E-state index is 2.44. The molecule has 0 unspecified atom stereocenters. The van der Waals surface area contributed by atoms with Gasteiger partial charge >= 0.3 is 0 Å². The van der Waals surface area contributed by atoms with Gasteiger partial charge in [0, 0.05) is 40.3 Å². The molecule has 0 saturated heterocycles. The third-order valence-corrected chi connectivity index (χ3v) is 15.3. The molecule has 0 amide bonds. The zero-order chi connectivity index (χ0) is 34.1. The molecule has 0 atom stereocenters. The van der Waals surface area contributed by atoms with Gasteiger partial charge in [-0.1, -0.05) is 152 Å². The number of hydrogen-bond donors (Lipinski definition) is 0. The minimum atomic E-state index is 1.23. The number of unbranched alkanes of at least 4 members (excludes halogenated alkanes) is 12. The maximum atomic E-state index is 2.44. The Labute approximate surface area is 315 Å². The van der Waals surface area contributed by atoms with Crippen molar-refractivity contribution < 1.29 is 0 Å². The van der Waals surface area contributed by atoms with Gasteiger partial charge in [-0.15, -0.1) is 45.3 Å². The number of aryl methyl sites for hydroxylation is 2. The van der Waals surface area contributed by atoms with Gasteiger partial charge in [0.2, 0.25) is 0 Å². The summed E-state index contributed by atoms with van der Waals surface area (Å²) in [5, 5.41) is 5.75. The molecule has 260 valence electrons. The van der Waals surface area contributed by atoms with Gasteiger partial charge in [0.05, 0.1) is 18.8 Å². The lowest BCUT2D eigenvalue weighted by molar-refractivity contribution is 0.589. The van der Waals surface area contributed by atoms with Crippen LogP contribution in [0.15, 0.2) is 84.9 Å². The maximum Gasteiger partial charge on any atom is 0.0542 e. The summed E-state index contributed by atoms with van der Waals surface area (Å²) in [4.78, 5) is 0. The molecule has 0 radical (unpaired) electrons. The van der Waals surface area contributed by atoms with E-state index in [4.69, 9.17) is 0 Å². The van der Waals surface area contributed by atoms with E-state index in [0.29, 0.717) is 0 Å². The van der Waals surface area contributed by atoms with Crippen molar-refractivity contribution in [2.24, 2.45) is 0 Å². The molecule has 0 fully saturated rings. The van der Waals surface area contributed by atoms with Crippen LogP contribution in [0.2, 0.25) is 0 Å². The van der Waals surface area contributed by atoms with E-state index in [-0.39, 0.29) is 0 Å². The summed E-state index contributed by atoms with van der Waals surface area (Å²) in [6.45, 7) is 4.57. The summed E-state index contributed by atoms with van der Waals surface area (Å²) >= 11 is 7.84. The first-order chi connectivity index (χ1) is 24.7. The molecule has 0 N–H and O–H groups in total. The SMILES string of the molecule is CCCCCCCCCc1ccc2c(c1)sc1c3ccccc3sc21.CCCCCCCCCc1ccc2c(c1)sc1c3ccccc3sc21. The van der Waals surface area contributed by atoms with Crippen molar-refractivity contribution in [1.29, 1.82) is 0 Å². The Morgan fingerprint density at radius 3 is 1.10 bits per heavy atom. The molecule has 0 aliphatic carbocycles. The molecule has 0 saturated carbocycles.